The summed E-state index contributed by atoms with van der Waals surface area (Å²) in [7, 11) is 1.64. The number of methoxy groups -OCH3 is 1. The first-order valence-corrected chi connectivity index (χ1v) is 9.37. The minimum Gasteiger partial charge on any atom is -0.497 e. The minimum absolute atomic E-state index is 0.0234. The van der Waals surface area contributed by atoms with E-state index in [1.54, 1.807) is 7.11 Å². The van der Waals surface area contributed by atoms with Crippen molar-refractivity contribution in [3.63, 3.8) is 0 Å². The second-order valence-corrected chi connectivity index (χ2v) is 6.17. The quantitative estimate of drug-likeness (QED) is 0.542. The second kappa shape index (κ2) is 10.4. The van der Waals surface area contributed by atoms with Gasteiger partial charge in [-0.2, -0.15) is 0 Å². The van der Waals surface area contributed by atoms with Crippen LogP contribution in [-0.2, 0) is 0 Å². The van der Waals surface area contributed by atoms with E-state index in [4.69, 9.17) is 24.4 Å². The minimum atomic E-state index is -0.0234. The van der Waals surface area contributed by atoms with E-state index in [0.717, 1.165) is 22.8 Å². The van der Waals surface area contributed by atoms with Gasteiger partial charge in [-0.15, -0.1) is 0 Å². The van der Waals surface area contributed by atoms with Gasteiger partial charge in [-0.25, -0.2) is 0 Å². The van der Waals surface area contributed by atoms with Crippen LogP contribution in [0.25, 0.3) is 0 Å². The number of hydrogen-bond donors (Lipinski definition) is 2. The maximum atomic E-state index is 8.92. The average Bonchev–Trinajstić information content (AvgIpc) is 2.78. The number of aliphatic hydroxyl groups excluding tert-OH is 2. The zero-order valence-corrected chi connectivity index (χ0v) is 16.3. The molecule has 2 N–H and O–H groups in total. The number of ether oxygens (including phenoxy) is 3. The molecule has 3 aromatic rings. The molecule has 0 saturated heterocycles. The molecule has 0 fully saturated rings. The summed E-state index contributed by atoms with van der Waals surface area (Å²) in [6.45, 7) is 0.475. The van der Waals surface area contributed by atoms with E-state index in [-0.39, 0.29) is 26.4 Å². The van der Waals surface area contributed by atoms with Gasteiger partial charge >= 0.3 is 0 Å². The molecule has 0 atom stereocenters. The SMILES string of the molecule is COc1ccc(N(c2ccc(OCCO)cc2)c2ccc(OCCO)cc2)cc1. The summed E-state index contributed by atoms with van der Waals surface area (Å²) >= 11 is 0. The Bertz CT molecular complexity index is 812. The molecule has 0 aliphatic rings. The number of benzene rings is 3. The molecule has 0 amide bonds. The molecule has 0 radical (unpaired) electrons. The number of anilines is 3. The summed E-state index contributed by atoms with van der Waals surface area (Å²) in [5.41, 5.74) is 2.88. The highest BCUT2D eigenvalue weighted by atomic mass is 16.5. The van der Waals surface area contributed by atoms with E-state index in [1.165, 1.54) is 0 Å². The summed E-state index contributed by atoms with van der Waals surface area (Å²) in [5, 5.41) is 17.8. The van der Waals surface area contributed by atoms with Crippen molar-refractivity contribution in [1.29, 1.82) is 0 Å². The van der Waals surface area contributed by atoms with Crippen molar-refractivity contribution in [1.82, 2.24) is 0 Å². The van der Waals surface area contributed by atoms with Crippen LogP contribution >= 0.6 is 0 Å². The fourth-order valence-electron chi connectivity index (χ4n) is 2.89. The molecule has 0 aromatic heterocycles. The smallest absolute Gasteiger partial charge is 0.119 e. The molecule has 0 aliphatic carbocycles. The highest BCUT2D eigenvalue weighted by Crippen LogP contribution is 2.36. The zero-order valence-electron chi connectivity index (χ0n) is 16.3. The van der Waals surface area contributed by atoms with E-state index in [1.807, 2.05) is 72.8 Å². The zero-order chi connectivity index (χ0) is 20.5. The Labute approximate surface area is 170 Å². The first-order valence-electron chi connectivity index (χ1n) is 9.37. The monoisotopic (exact) mass is 395 g/mol. The van der Waals surface area contributed by atoms with E-state index in [0.29, 0.717) is 11.5 Å². The van der Waals surface area contributed by atoms with E-state index < -0.39 is 0 Å². The predicted octanol–water partition coefficient (Wildman–Crippen LogP) is 3.91. The highest BCUT2D eigenvalue weighted by molar-refractivity contribution is 5.77. The Morgan fingerprint density at radius 3 is 1.24 bits per heavy atom. The topological polar surface area (TPSA) is 71.4 Å². The van der Waals surface area contributed by atoms with Gasteiger partial charge in [0.05, 0.1) is 20.3 Å². The average molecular weight is 395 g/mol. The van der Waals surface area contributed by atoms with Crippen molar-refractivity contribution < 1.29 is 24.4 Å². The third-order valence-corrected chi connectivity index (χ3v) is 4.24. The maximum Gasteiger partial charge on any atom is 0.119 e. The van der Waals surface area contributed by atoms with Crippen molar-refractivity contribution >= 4 is 17.1 Å². The van der Waals surface area contributed by atoms with E-state index in [2.05, 4.69) is 4.90 Å². The molecule has 0 unspecified atom stereocenters. The van der Waals surface area contributed by atoms with Gasteiger partial charge in [0.25, 0.3) is 0 Å². The van der Waals surface area contributed by atoms with Gasteiger partial charge in [0.1, 0.15) is 30.5 Å². The van der Waals surface area contributed by atoms with E-state index in [9.17, 15) is 0 Å². The lowest BCUT2D eigenvalue weighted by molar-refractivity contribution is 0.201. The van der Waals surface area contributed by atoms with Gasteiger partial charge in [-0.3, -0.25) is 0 Å². The largest absolute Gasteiger partial charge is 0.497 e. The Kier molecular flexibility index (Phi) is 7.33. The van der Waals surface area contributed by atoms with Gasteiger partial charge in [-0.1, -0.05) is 0 Å². The number of rotatable bonds is 10. The Morgan fingerprint density at radius 1 is 0.586 bits per heavy atom. The van der Waals surface area contributed by atoms with Crippen molar-refractivity contribution in [2.24, 2.45) is 0 Å². The Hall–Kier alpha value is -3.22. The van der Waals surface area contributed by atoms with Crippen LogP contribution in [0.4, 0.5) is 17.1 Å². The van der Waals surface area contributed by atoms with Gasteiger partial charge < -0.3 is 29.3 Å². The maximum absolute atomic E-state index is 8.92. The van der Waals surface area contributed by atoms with Gasteiger partial charge in [-0.05, 0) is 72.8 Å². The first kappa shape index (κ1) is 20.5. The van der Waals surface area contributed by atoms with Crippen LogP contribution in [0.1, 0.15) is 0 Å². The van der Waals surface area contributed by atoms with Crippen LogP contribution in [0, 0.1) is 0 Å². The summed E-state index contributed by atoms with van der Waals surface area (Å²) in [6.07, 6.45) is 0. The predicted molar refractivity (Wildman–Crippen MR) is 113 cm³/mol. The molecule has 3 rings (SSSR count). The lowest BCUT2D eigenvalue weighted by atomic mass is 10.2. The number of aliphatic hydroxyl groups is 2. The highest BCUT2D eigenvalue weighted by Gasteiger charge is 2.13. The van der Waals surface area contributed by atoms with Gasteiger partial charge in [0.2, 0.25) is 0 Å². The van der Waals surface area contributed by atoms with Gasteiger partial charge in [0, 0.05) is 17.1 Å². The Morgan fingerprint density at radius 2 is 0.931 bits per heavy atom. The first-order chi connectivity index (χ1) is 14.2. The molecule has 0 bridgehead atoms. The molecule has 3 aromatic carbocycles. The van der Waals surface area contributed by atoms with Crippen molar-refractivity contribution in [2.75, 3.05) is 38.4 Å². The summed E-state index contributed by atoms with van der Waals surface area (Å²) < 4.78 is 16.2. The van der Waals surface area contributed by atoms with Gasteiger partial charge in [0.15, 0.2) is 0 Å². The standard InChI is InChI=1S/C23H25NO5/c1-27-21-8-2-18(3-9-21)24(19-4-10-22(11-5-19)28-16-14-25)20-6-12-23(13-7-20)29-17-15-26/h2-13,25-26H,14-17H2,1H3. The van der Waals surface area contributed by atoms with Crippen LogP contribution < -0.4 is 19.1 Å². The normalized spacial score (nSPS) is 10.4. The molecule has 0 heterocycles. The van der Waals surface area contributed by atoms with Crippen LogP contribution in [-0.4, -0.2) is 43.8 Å². The van der Waals surface area contributed by atoms with Crippen LogP contribution in [0.2, 0.25) is 0 Å². The lowest BCUT2D eigenvalue weighted by Crippen LogP contribution is -2.10. The molecule has 0 saturated carbocycles. The molecule has 6 heteroatoms. The van der Waals surface area contributed by atoms with Crippen LogP contribution in [0.5, 0.6) is 17.2 Å². The van der Waals surface area contributed by atoms with Crippen molar-refractivity contribution in [3.05, 3.63) is 72.8 Å². The summed E-state index contributed by atoms with van der Waals surface area (Å²) in [5.74, 6) is 2.18. The molecule has 29 heavy (non-hydrogen) atoms. The van der Waals surface area contributed by atoms with Crippen LogP contribution in [0.3, 0.4) is 0 Å². The number of hydrogen-bond acceptors (Lipinski definition) is 6. The molecule has 0 aliphatic heterocycles. The third kappa shape index (κ3) is 5.40. The third-order valence-electron chi connectivity index (χ3n) is 4.24. The second-order valence-electron chi connectivity index (χ2n) is 6.17. The molecular weight excluding hydrogens is 370 g/mol. The number of nitrogens with zero attached hydrogens (tertiary/aromatic N) is 1. The molecule has 152 valence electrons. The molecule has 6 nitrogen and oxygen atoms in total. The fourth-order valence-corrected chi connectivity index (χ4v) is 2.89. The van der Waals surface area contributed by atoms with Crippen LogP contribution in [0.15, 0.2) is 72.8 Å². The van der Waals surface area contributed by atoms with Crippen molar-refractivity contribution in [2.45, 2.75) is 0 Å². The Balaban J connectivity index is 1.92. The summed E-state index contributed by atoms with van der Waals surface area (Å²) in [4.78, 5) is 2.10. The molecular formula is C23H25NO5. The van der Waals surface area contributed by atoms with Crippen molar-refractivity contribution in [3.8, 4) is 17.2 Å². The van der Waals surface area contributed by atoms with E-state index >= 15 is 0 Å². The summed E-state index contributed by atoms with van der Waals surface area (Å²) in [6, 6.07) is 23.2. The lowest BCUT2D eigenvalue weighted by Gasteiger charge is -2.26. The molecule has 0 spiro atoms. The fraction of sp³-hybridized carbons (Fsp3) is 0.217.